The van der Waals surface area contributed by atoms with Crippen molar-refractivity contribution in [3.63, 3.8) is 0 Å². The summed E-state index contributed by atoms with van der Waals surface area (Å²) >= 11 is 0. The Hall–Kier alpha value is 0.0969. The molecule has 3 nitrogen and oxygen atoms in total. The molecule has 1 saturated carbocycles. The molecule has 1 rings (SSSR count). The summed E-state index contributed by atoms with van der Waals surface area (Å²) < 4.78 is 17.5. The van der Waals surface area contributed by atoms with Crippen LogP contribution < -0.4 is 0 Å². The minimum Gasteiger partial charge on any atom is -0.374 e. The fraction of sp³-hybridized carbons (Fsp3) is 1.00. The summed E-state index contributed by atoms with van der Waals surface area (Å²) in [6.45, 7) is 9.49. The normalized spacial score (nSPS) is 20.2. The Kier molecular flexibility index (Phi) is 5.96. The molecule has 1 aliphatic carbocycles. The quantitative estimate of drug-likeness (QED) is 0.646. The summed E-state index contributed by atoms with van der Waals surface area (Å²) in [6, 6.07) is 0. The highest BCUT2D eigenvalue weighted by Crippen LogP contribution is 2.30. The summed E-state index contributed by atoms with van der Waals surface area (Å²) in [5.41, 5.74) is 0. The average molecular weight is 246 g/mol. The van der Waals surface area contributed by atoms with Gasteiger partial charge in [-0.2, -0.15) is 0 Å². The third-order valence-electron chi connectivity index (χ3n) is 3.28. The standard InChI is InChI=1S/C12H26O3Si/c1-5-13-16(4,14-6-2)15-11(3)12-9-7-8-10-12/h11-12H,5-10H2,1-4H3. The second-order valence-electron chi connectivity index (χ2n) is 4.60. The lowest BCUT2D eigenvalue weighted by Gasteiger charge is -2.31. The van der Waals surface area contributed by atoms with E-state index in [0.717, 1.165) is 0 Å². The fourth-order valence-electron chi connectivity index (χ4n) is 2.49. The second-order valence-corrected chi connectivity index (χ2v) is 7.13. The minimum absolute atomic E-state index is 0.275. The molecular formula is C12H26O3Si. The van der Waals surface area contributed by atoms with Crippen molar-refractivity contribution < 1.29 is 13.3 Å². The Bertz CT molecular complexity index is 187. The van der Waals surface area contributed by atoms with Gasteiger partial charge in [0, 0.05) is 25.9 Å². The Morgan fingerprint density at radius 1 is 1.12 bits per heavy atom. The molecule has 96 valence electrons. The molecule has 1 atom stereocenters. The topological polar surface area (TPSA) is 27.7 Å². The van der Waals surface area contributed by atoms with Crippen molar-refractivity contribution in [2.45, 2.75) is 59.1 Å². The van der Waals surface area contributed by atoms with E-state index in [2.05, 4.69) is 6.92 Å². The molecule has 0 saturated heterocycles. The van der Waals surface area contributed by atoms with Gasteiger partial charge in [0.05, 0.1) is 0 Å². The van der Waals surface area contributed by atoms with E-state index in [4.69, 9.17) is 13.3 Å². The van der Waals surface area contributed by atoms with Gasteiger partial charge < -0.3 is 13.3 Å². The van der Waals surface area contributed by atoms with Crippen LogP contribution in [-0.2, 0) is 13.3 Å². The molecule has 0 amide bonds. The van der Waals surface area contributed by atoms with Crippen molar-refractivity contribution >= 4 is 8.80 Å². The Morgan fingerprint density at radius 2 is 1.62 bits per heavy atom. The molecule has 0 N–H and O–H groups in total. The molecule has 1 aliphatic rings. The first-order valence-electron chi connectivity index (χ1n) is 6.57. The van der Waals surface area contributed by atoms with E-state index < -0.39 is 8.80 Å². The van der Waals surface area contributed by atoms with Crippen LogP contribution in [0.3, 0.4) is 0 Å². The van der Waals surface area contributed by atoms with Gasteiger partial charge in [-0.15, -0.1) is 0 Å². The molecule has 0 aromatic heterocycles. The molecule has 1 unspecified atom stereocenters. The lowest BCUT2D eigenvalue weighted by molar-refractivity contribution is 0.0231. The largest absolute Gasteiger partial charge is 0.497 e. The van der Waals surface area contributed by atoms with E-state index in [0.29, 0.717) is 19.1 Å². The van der Waals surface area contributed by atoms with Gasteiger partial charge in [-0.3, -0.25) is 0 Å². The van der Waals surface area contributed by atoms with Crippen molar-refractivity contribution in [1.82, 2.24) is 0 Å². The summed E-state index contributed by atoms with van der Waals surface area (Å²) in [5, 5.41) is 0. The summed E-state index contributed by atoms with van der Waals surface area (Å²) in [4.78, 5) is 0. The highest BCUT2D eigenvalue weighted by molar-refractivity contribution is 6.59. The summed E-state index contributed by atoms with van der Waals surface area (Å²) in [5.74, 6) is 0.702. The molecule has 0 aromatic rings. The molecule has 0 spiro atoms. The maximum Gasteiger partial charge on any atom is 0.497 e. The number of hydrogen-bond donors (Lipinski definition) is 0. The first kappa shape index (κ1) is 14.2. The van der Waals surface area contributed by atoms with Crippen LogP contribution in [0.1, 0.15) is 46.5 Å². The van der Waals surface area contributed by atoms with Crippen LogP contribution >= 0.6 is 0 Å². The van der Waals surface area contributed by atoms with E-state index in [-0.39, 0.29) is 6.10 Å². The smallest absolute Gasteiger partial charge is 0.374 e. The monoisotopic (exact) mass is 246 g/mol. The van der Waals surface area contributed by atoms with Gasteiger partial charge in [0.1, 0.15) is 0 Å². The minimum atomic E-state index is -2.38. The van der Waals surface area contributed by atoms with E-state index >= 15 is 0 Å². The Labute approximate surface area is 101 Å². The van der Waals surface area contributed by atoms with Crippen LogP contribution in [0.5, 0.6) is 0 Å². The van der Waals surface area contributed by atoms with Crippen LogP contribution in [0.15, 0.2) is 0 Å². The predicted molar refractivity (Wildman–Crippen MR) is 67.4 cm³/mol. The van der Waals surface area contributed by atoms with Gasteiger partial charge in [0.2, 0.25) is 0 Å². The summed E-state index contributed by atoms with van der Waals surface area (Å²) in [7, 11) is -2.38. The molecule has 0 aliphatic heterocycles. The molecule has 4 heteroatoms. The third kappa shape index (κ3) is 4.16. The van der Waals surface area contributed by atoms with Crippen LogP contribution in [0.25, 0.3) is 0 Å². The molecule has 16 heavy (non-hydrogen) atoms. The van der Waals surface area contributed by atoms with Crippen LogP contribution in [0.2, 0.25) is 6.55 Å². The zero-order chi connectivity index (χ0) is 12.0. The third-order valence-corrected chi connectivity index (χ3v) is 5.70. The maximum absolute atomic E-state index is 6.10. The maximum atomic E-state index is 6.10. The molecule has 1 fully saturated rings. The van der Waals surface area contributed by atoms with Crippen molar-refractivity contribution in [1.29, 1.82) is 0 Å². The SMILES string of the molecule is CCO[Si](C)(OCC)OC(C)C1CCCC1. The highest BCUT2D eigenvalue weighted by Gasteiger charge is 2.38. The lowest BCUT2D eigenvalue weighted by Crippen LogP contribution is -2.46. The van der Waals surface area contributed by atoms with Gasteiger partial charge in [-0.05, 0) is 39.5 Å². The first-order chi connectivity index (χ1) is 7.61. The number of rotatable bonds is 7. The van der Waals surface area contributed by atoms with Gasteiger partial charge >= 0.3 is 8.80 Å². The number of hydrogen-bond acceptors (Lipinski definition) is 3. The first-order valence-corrected chi connectivity index (χ1v) is 8.79. The Balaban J connectivity index is 2.45. The van der Waals surface area contributed by atoms with Crippen LogP contribution in [0, 0.1) is 5.92 Å². The fourth-order valence-corrected chi connectivity index (χ4v) is 4.63. The van der Waals surface area contributed by atoms with Crippen molar-refractivity contribution in [2.24, 2.45) is 5.92 Å². The average Bonchev–Trinajstić information content (AvgIpc) is 2.70. The zero-order valence-electron chi connectivity index (χ0n) is 11.1. The van der Waals surface area contributed by atoms with E-state index in [1.807, 2.05) is 20.4 Å². The van der Waals surface area contributed by atoms with Gasteiger partial charge in [0.25, 0.3) is 0 Å². The lowest BCUT2D eigenvalue weighted by atomic mass is 10.0. The molecular weight excluding hydrogens is 220 g/mol. The van der Waals surface area contributed by atoms with E-state index in [9.17, 15) is 0 Å². The molecule has 0 radical (unpaired) electrons. The van der Waals surface area contributed by atoms with Crippen molar-refractivity contribution in [3.05, 3.63) is 0 Å². The second kappa shape index (κ2) is 6.74. The van der Waals surface area contributed by atoms with E-state index in [1.165, 1.54) is 25.7 Å². The molecule has 0 bridgehead atoms. The Morgan fingerprint density at radius 3 is 2.06 bits per heavy atom. The zero-order valence-corrected chi connectivity index (χ0v) is 12.1. The van der Waals surface area contributed by atoms with Gasteiger partial charge in [-0.25, -0.2) is 0 Å². The van der Waals surface area contributed by atoms with Gasteiger partial charge in [-0.1, -0.05) is 12.8 Å². The van der Waals surface area contributed by atoms with Gasteiger partial charge in [0.15, 0.2) is 0 Å². The van der Waals surface area contributed by atoms with Crippen LogP contribution in [0.4, 0.5) is 0 Å². The molecule has 0 aromatic carbocycles. The van der Waals surface area contributed by atoms with Crippen LogP contribution in [-0.4, -0.2) is 28.1 Å². The molecule has 0 heterocycles. The van der Waals surface area contributed by atoms with E-state index in [1.54, 1.807) is 0 Å². The summed E-state index contributed by atoms with van der Waals surface area (Å²) in [6.07, 6.45) is 5.56. The predicted octanol–water partition coefficient (Wildman–Crippen LogP) is 3.22. The van der Waals surface area contributed by atoms with Crippen molar-refractivity contribution in [2.75, 3.05) is 13.2 Å². The highest BCUT2D eigenvalue weighted by atomic mass is 28.4. The van der Waals surface area contributed by atoms with Crippen molar-refractivity contribution in [3.8, 4) is 0 Å².